The number of unbranched alkanes of at least 4 members (excludes halogenated alkanes) is 2. The molecule has 0 spiro atoms. The average molecular weight is 380 g/mol. The number of hydrogen-bond acceptors (Lipinski definition) is 0. The van der Waals surface area contributed by atoms with Crippen LogP contribution in [-0.4, -0.2) is 0 Å². The van der Waals surface area contributed by atoms with Crippen LogP contribution in [0.4, 0.5) is 13.2 Å². The smallest absolute Gasteiger partial charge is 0.137 e. The van der Waals surface area contributed by atoms with Crippen LogP contribution < -0.4 is 0 Å². The summed E-state index contributed by atoms with van der Waals surface area (Å²) in [6, 6.07) is 13.0. The van der Waals surface area contributed by atoms with Crippen molar-refractivity contribution in [1.82, 2.24) is 0 Å². The maximum atomic E-state index is 15.2. The molecule has 0 radical (unpaired) electrons. The van der Waals surface area contributed by atoms with E-state index >= 15 is 4.39 Å². The molecule has 0 saturated carbocycles. The lowest BCUT2D eigenvalue weighted by molar-refractivity contribution is 0.577. The van der Waals surface area contributed by atoms with Crippen molar-refractivity contribution in [2.24, 2.45) is 0 Å². The molecular weight excluding hydrogens is 357 g/mol. The molecule has 28 heavy (non-hydrogen) atoms. The van der Waals surface area contributed by atoms with Crippen molar-refractivity contribution in [3.05, 3.63) is 82.7 Å². The second-order valence-electron chi connectivity index (χ2n) is 7.53. The van der Waals surface area contributed by atoms with Gasteiger partial charge in [0, 0.05) is 0 Å². The summed E-state index contributed by atoms with van der Waals surface area (Å²) in [5.41, 5.74) is 4.85. The fourth-order valence-corrected chi connectivity index (χ4v) is 4.14. The first-order chi connectivity index (χ1) is 13.6. The fourth-order valence-electron chi connectivity index (χ4n) is 4.14. The number of halogens is 3. The van der Waals surface area contributed by atoms with Gasteiger partial charge in [0.15, 0.2) is 0 Å². The van der Waals surface area contributed by atoms with E-state index in [1.807, 2.05) is 6.07 Å². The largest absolute Gasteiger partial charge is 0.207 e. The van der Waals surface area contributed by atoms with E-state index in [4.69, 9.17) is 0 Å². The minimum absolute atomic E-state index is 0.0709. The van der Waals surface area contributed by atoms with Gasteiger partial charge in [-0.05, 0) is 77.3 Å². The van der Waals surface area contributed by atoms with Crippen LogP contribution >= 0.6 is 0 Å². The molecule has 0 unspecified atom stereocenters. The van der Waals surface area contributed by atoms with Gasteiger partial charge in [-0.1, -0.05) is 50.1 Å². The normalized spacial score (nSPS) is 12.6. The monoisotopic (exact) mass is 380 g/mol. The number of fused-ring (bicyclic) bond motifs is 3. The molecule has 0 nitrogen and oxygen atoms in total. The molecule has 0 saturated heterocycles. The molecule has 0 amide bonds. The topological polar surface area (TPSA) is 0 Å². The Labute approximate surface area is 164 Å². The molecular formula is C25H23F3. The van der Waals surface area contributed by atoms with Crippen LogP contribution in [0.3, 0.4) is 0 Å². The summed E-state index contributed by atoms with van der Waals surface area (Å²) < 4.78 is 43.3. The average Bonchev–Trinajstić information content (AvgIpc) is 2.69. The first-order valence-corrected chi connectivity index (χ1v) is 9.97. The van der Waals surface area contributed by atoms with Gasteiger partial charge in [-0.3, -0.25) is 0 Å². The fraction of sp³-hybridized carbons (Fsp3) is 0.280. The Bertz CT molecular complexity index is 1000. The molecule has 1 aliphatic carbocycles. The van der Waals surface area contributed by atoms with E-state index in [1.165, 1.54) is 48.7 Å². The molecule has 1 aliphatic rings. The van der Waals surface area contributed by atoms with Gasteiger partial charge >= 0.3 is 0 Å². The second-order valence-corrected chi connectivity index (χ2v) is 7.53. The molecule has 0 heterocycles. The predicted molar refractivity (Wildman–Crippen MR) is 108 cm³/mol. The summed E-state index contributed by atoms with van der Waals surface area (Å²) in [7, 11) is 0. The molecule has 0 atom stereocenters. The lowest BCUT2D eigenvalue weighted by Crippen LogP contribution is -2.09. The third-order valence-electron chi connectivity index (χ3n) is 5.63. The van der Waals surface area contributed by atoms with Crippen molar-refractivity contribution < 1.29 is 13.2 Å². The third kappa shape index (κ3) is 3.46. The van der Waals surface area contributed by atoms with Gasteiger partial charge in [0.1, 0.15) is 17.5 Å². The van der Waals surface area contributed by atoms with E-state index in [0.29, 0.717) is 23.1 Å². The molecule has 0 bridgehead atoms. The number of aryl methyl sites for hydroxylation is 2. The Kier molecular flexibility index (Phi) is 5.25. The summed E-state index contributed by atoms with van der Waals surface area (Å²) in [4.78, 5) is 0. The molecule has 0 N–H and O–H groups in total. The predicted octanol–water partition coefficient (Wildman–Crippen LogP) is 7.27. The van der Waals surface area contributed by atoms with Crippen molar-refractivity contribution in [3.8, 4) is 22.3 Å². The number of benzene rings is 3. The molecule has 4 rings (SSSR count). The molecule has 0 aliphatic heterocycles. The van der Waals surface area contributed by atoms with Gasteiger partial charge in [0.25, 0.3) is 0 Å². The highest BCUT2D eigenvalue weighted by Crippen LogP contribution is 2.40. The quantitative estimate of drug-likeness (QED) is 0.408. The van der Waals surface area contributed by atoms with Crippen molar-refractivity contribution in [2.45, 2.75) is 45.4 Å². The zero-order valence-electron chi connectivity index (χ0n) is 16.0. The van der Waals surface area contributed by atoms with Gasteiger partial charge in [0.05, 0.1) is 5.56 Å². The Morgan fingerprint density at radius 2 is 1.61 bits per heavy atom. The Hall–Kier alpha value is -2.55. The highest BCUT2D eigenvalue weighted by atomic mass is 19.1. The van der Waals surface area contributed by atoms with Gasteiger partial charge in [-0.15, -0.1) is 0 Å². The van der Waals surface area contributed by atoms with Gasteiger partial charge in [-0.25, -0.2) is 13.2 Å². The maximum absolute atomic E-state index is 15.2. The van der Waals surface area contributed by atoms with Crippen LogP contribution in [0.25, 0.3) is 22.3 Å². The van der Waals surface area contributed by atoms with Crippen LogP contribution in [0.5, 0.6) is 0 Å². The van der Waals surface area contributed by atoms with Crippen molar-refractivity contribution in [3.63, 3.8) is 0 Å². The Morgan fingerprint density at radius 1 is 0.821 bits per heavy atom. The zero-order valence-corrected chi connectivity index (χ0v) is 16.0. The van der Waals surface area contributed by atoms with Crippen LogP contribution in [0, 0.1) is 17.5 Å². The summed E-state index contributed by atoms with van der Waals surface area (Å²) in [5.74, 6) is -1.56. The van der Waals surface area contributed by atoms with Crippen LogP contribution in [0.15, 0.2) is 48.5 Å². The highest BCUT2D eigenvalue weighted by molar-refractivity contribution is 5.78. The standard InChI is InChI=1S/C25H23F3/c1-2-3-4-5-16-6-12-20-18(14-16)9-13-21-22(20)15-23(27)24(25(21)28)17-7-10-19(26)11-8-17/h6-8,10-12,14-15H,2-5,9,13H2,1H3. The van der Waals surface area contributed by atoms with Crippen LogP contribution in [0.2, 0.25) is 0 Å². The summed E-state index contributed by atoms with van der Waals surface area (Å²) >= 11 is 0. The molecule has 3 aromatic rings. The highest BCUT2D eigenvalue weighted by Gasteiger charge is 2.25. The minimum atomic E-state index is -0.609. The summed E-state index contributed by atoms with van der Waals surface area (Å²) in [5, 5.41) is 0. The van der Waals surface area contributed by atoms with Crippen molar-refractivity contribution >= 4 is 0 Å². The zero-order chi connectivity index (χ0) is 19.7. The van der Waals surface area contributed by atoms with E-state index in [9.17, 15) is 8.78 Å². The molecule has 3 heteroatoms. The van der Waals surface area contributed by atoms with E-state index in [1.54, 1.807) is 0 Å². The van der Waals surface area contributed by atoms with Gasteiger partial charge < -0.3 is 0 Å². The van der Waals surface area contributed by atoms with E-state index in [-0.39, 0.29) is 5.56 Å². The van der Waals surface area contributed by atoms with Crippen molar-refractivity contribution in [2.75, 3.05) is 0 Å². The Balaban J connectivity index is 1.74. The maximum Gasteiger partial charge on any atom is 0.137 e. The van der Waals surface area contributed by atoms with Crippen LogP contribution in [0.1, 0.15) is 42.9 Å². The third-order valence-corrected chi connectivity index (χ3v) is 5.63. The summed E-state index contributed by atoms with van der Waals surface area (Å²) in [6.07, 6.45) is 5.89. The van der Waals surface area contributed by atoms with E-state index in [0.717, 1.165) is 30.4 Å². The molecule has 0 fully saturated rings. The molecule has 144 valence electrons. The minimum Gasteiger partial charge on any atom is -0.207 e. The van der Waals surface area contributed by atoms with Gasteiger partial charge in [-0.2, -0.15) is 0 Å². The van der Waals surface area contributed by atoms with Gasteiger partial charge in [0.2, 0.25) is 0 Å². The lowest BCUT2D eigenvalue weighted by atomic mass is 9.82. The summed E-state index contributed by atoms with van der Waals surface area (Å²) in [6.45, 7) is 2.19. The van der Waals surface area contributed by atoms with E-state index in [2.05, 4.69) is 19.1 Å². The lowest BCUT2D eigenvalue weighted by Gasteiger charge is -2.23. The SMILES string of the molecule is CCCCCc1ccc2c(c1)CCc1c-2cc(F)c(-c2ccc(F)cc2)c1F. The number of hydrogen-bond donors (Lipinski definition) is 0. The van der Waals surface area contributed by atoms with Crippen LogP contribution in [-0.2, 0) is 19.3 Å². The first kappa shape index (κ1) is 18.8. The molecule has 0 aromatic heterocycles. The number of rotatable bonds is 5. The van der Waals surface area contributed by atoms with E-state index < -0.39 is 17.5 Å². The molecule has 3 aromatic carbocycles. The van der Waals surface area contributed by atoms with Crippen molar-refractivity contribution in [1.29, 1.82) is 0 Å². The Morgan fingerprint density at radius 3 is 2.36 bits per heavy atom. The second kappa shape index (κ2) is 7.83. The first-order valence-electron chi connectivity index (χ1n) is 9.97.